The maximum Gasteiger partial charge on any atom is 0.230 e. The highest BCUT2D eigenvalue weighted by Crippen LogP contribution is 2.44. The summed E-state index contributed by atoms with van der Waals surface area (Å²) >= 11 is 1.37. The number of hydrogen-bond donors (Lipinski definition) is 3. The third-order valence-electron chi connectivity index (χ3n) is 8.18. The van der Waals surface area contributed by atoms with Crippen LogP contribution in [0, 0.1) is 12.3 Å². The predicted octanol–water partition coefficient (Wildman–Crippen LogP) is 6.22. The molecule has 1 amide bonds. The number of ether oxygens (including phenoxy) is 4. The van der Waals surface area contributed by atoms with Gasteiger partial charge in [-0.15, -0.1) is 11.8 Å². The van der Waals surface area contributed by atoms with Crippen LogP contribution < -0.4 is 20.5 Å². The Morgan fingerprint density at radius 3 is 2.57 bits per heavy atom. The number of anilines is 2. The number of nitrogens with one attached hydrogen (secondary N) is 2. The van der Waals surface area contributed by atoms with E-state index >= 15 is 0 Å². The molecule has 250 valence electrons. The van der Waals surface area contributed by atoms with Crippen LogP contribution in [0.25, 0.3) is 11.3 Å². The van der Waals surface area contributed by atoms with Gasteiger partial charge in [0.1, 0.15) is 12.4 Å². The maximum absolute atomic E-state index is 12.7. The molecule has 0 aliphatic heterocycles. The Bertz CT molecular complexity index is 1470. The Kier molecular flexibility index (Phi) is 12.9. The molecule has 10 nitrogen and oxygen atoms in total. The number of thioether (sulfide) groups is 1. The number of methoxy groups -OCH3 is 1. The fourth-order valence-corrected chi connectivity index (χ4v) is 6.33. The van der Waals surface area contributed by atoms with Crippen LogP contribution in [0.15, 0.2) is 36.4 Å². The molecule has 4 rings (SSSR count). The summed E-state index contributed by atoms with van der Waals surface area (Å²) in [6.45, 7) is 10.1. The number of amides is 1. The van der Waals surface area contributed by atoms with Gasteiger partial charge >= 0.3 is 0 Å². The fraction of sp³-hybridized carbons (Fsp3) is 0.514. The number of rotatable bonds is 21. The second-order valence-electron chi connectivity index (χ2n) is 12.2. The van der Waals surface area contributed by atoms with Gasteiger partial charge in [-0.1, -0.05) is 45.7 Å². The van der Waals surface area contributed by atoms with Gasteiger partial charge in [0.2, 0.25) is 5.91 Å². The highest BCUT2D eigenvalue weighted by molar-refractivity contribution is 8.00. The molecule has 1 aliphatic carbocycles. The van der Waals surface area contributed by atoms with Gasteiger partial charge in [-0.3, -0.25) is 14.7 Å². The third-order valence-corrected chi connectivity index (χ3v) is 9.38. The van der Waals surface area contributed by atoms with Gasteiger partial charge < -0.3 is 30.0 Å². The minimum atomic E-state index is -0.543. The Balaban J connectivity index is 1.16. The largest absolute Gasteiger partial charge is 0.493 e. The molecule has 11 heteroatoms. The van der Waals surface area contributed by atoms with E-state index in [2.05, 4.69) is 41.5 Å². The van der Waals surface area contributed by atoms with Crippen molar-refractivity contribution in [2.45, 2.75) is 65.0 Å². The number of aromatic nitrogens is 2. The topological polar surface area (TPSA) is 138 Å². The second-order valence-corrected chi connectivity index (χ2v) is 13.5. The minimum absolute atomic E-state index is 0.0812. The molecule has 0 radical (unpaired) electrons. The number of fused-ring (bicyclic) bond motifs is 3. The molecule has 1 heterocycles. The molecule has 0 saturated heterocycles. The van der Waals surface area contributed by atoms with Crippen molar-refractivity contribution in [3.8, 4) is 22.8 Å². The zero-order chi connectivity index (χ0) is 33.1. The van der Waals surface area contributed by atoms with Crippen LogP contribution in [0.1, 0.15) is 63.1 Å². The van der Waals surface area contributed by atoms with E-state index in [1.165, 1.54) is 17.3 Å². The summed E-state index contributed by atoms with van der Waals surface area (Å²) in [5, 5.41) is 10.6. The van der Waals surface area contributed by atoms with Crippen molar-refractivity contribution in [2.24, 2.45) is 11.1 Å². The van der Waals surface area contributed by atoms with E-state index in [9.17, 15) is 9.59 Å². The number of H-pyrrole nitrogens is 1. The number of primary amides is 1. The van der Waals surface area contributed by atoms with Crippen molar-refractivity contribution < 1.29 is 28.5 Å². The van der Waals surface area contributed by atoms with E-state index in [-0.39, 0.29) is 12.2 Å². The van der Waals surface area contributed by atoms with Crippen molar-refractivity contribution >= 4 is 35.0 Å². The number of benzene rings is 2. The smallest absolute Gasteiger partial charge is 0.230 e. The summed E-state index contributed by atoms with van der Waals surface area (Å²) in [5.74, 6) is 2.32. The van der Waals surface area contributed by atoms with E-state index in [0.29, 0.717) is 50.3 Å². The van der Waals surface area contributed by atoms with Crippen molar-refractivity contribution in [1.29, 1.82) is 0 Å². The lowest BCUT2D eigenvalue weighted by atomic mass is 9.81. The summed E-state index contributed by atoms with van der Waals surface area (Å²) in [7, 11) is 1.64. The Hall–Kier alpha value is -3.54. The van der Waals surface area contributed by atoms with E-state index in [0.717, 1.165) is 59.6 Å². The molecule has 2 aromatic carbocycles. The summed E-state index contributed by atoms with van der Waals surface area (Å²) in [6, 6.07) is 12.2. The van der Waals surface area contributed by atoms with Crippen molar-refractivity contribution in [3.63, 3.8) is 0 Å². The number of Topliss-reactive ketones (excluding diaryl/α,β-unsaturated/α-hetero) is 1. The van der Waals surface area contributed by atoms with Crippen LogP contribution in [-0.4, -0.2) is 73.0 Å². The molecule has 1 aromatic heterocycles. The first kappa shape index (κ1) is 35.3. The first-order valence-corrected chi connectivity index (χ1v) is 17.0. The van der Waals surface area contributed by atoms with Crippen molar-refractivity contribution in [2.75, 3.05) is 51.2 Å². The number of nitrogens with zero attached hydrogens (tertiary/aromatic N) is 1. The first-order chi connectivity index (χ1) is 22.1. The van der Waals surface area contributed by atoms with Gasteiger partial charge in [0.15, 0.2) is 17.3 Å². The Morgan fingerprint density at radius 2 is 1.85 bits per heavy atom. The Morgan fingerprint density at radius 1 is 1.09 bits per heavy atom. The second kappa shape index (κ2) is 16.9. The molecule has 1 unspecified atom stereocenters. The van der Waals surface area contributed by atoms with Gasteiger partial charge in [0.25, 0.3) is 0 Å². The predicted molar refractivity (Wildman–Crippen MR) is 183 cm³/mol. The number of carbonyl (C=O) groups is 2. The number of aromatic amines is 1. The number of hydrogen-bond acceptors (Lipinski definition) is 9. The van der Waals surface area contributed by atoms with Gasteiger partial charge in [-0.25, -0.2) is 0 Å². The van der Waals surface area contributed by atoms with Gasteiger partial charge in [-0.2, -0.15) is 5.10 Å². The summed E-state index contributed by atoms with van der Waals surface area (Å²) in [6.07, 6.45) is 3.73. The number of aryl methyl sites for hydroxylation is 1. The highest BCUT2D eigenvalue weighted by Gasteiger charge is 2.31. The molecule has 0 spiro atoms. The lowest BCUT2D eigenvalue weighted by Gasteiger charge is -2.24. The fourth-order valence-electron chi connectivity index (χ4n) is 5.39. The monoisotopic (exact) mass is 652 g/mol. The molecule has 46 heavy (non-hydrogen) atoms. The standard InChI is InChI=1S/C35H48N4O6S/c1-6-7-11-35(3,4)31(40)22-30(33(36)41)46-17-16-44-13-12-43-14-15-45-29-21-26-24(20-28(29)42-5)19-27-32(26)38-39-34(27)37-25-10-8-9-23(2)18-25/h8-10,18,20-21,30H,6-7,11-17,19,22H2,1-5H3,(H2,36,41)(H2,37,38,39). The average molecular weight is 653 g/mol. The molecule has 4 N–H and O–H groups in total. The van der Waals surface area contributed by atoms with E-state index in [1.807, 2.05) is 38.1 Å². The molecule has 1 aliphatic rings. The molecule has 0 saturated carbocycles. The van der Waals surface area contributed by atoms with Crippen LogP contribution in [0.4, 0.5) is 11.5 Å². The first-order valence-electron chi connectivity index (χ1n) is 16.0. The molecule has 3 aromatic rings. The lowest BCUT2D eigenvalue weighted by Crippen LogP contribution is -2.34. The highest BCUT2D eigenvalue weighted by atomic mass is 32.2. The average Bonchev–Trinajstić information content (AvgIpc) is 3.58. The lowest BCUT2D eigenvalue weighted by molar-refractivity contribution is -0.129. The molecule has 0 fully saturated rings. The number of carbonyl (C=O) groups excluding carboxylic acids is 2. The van der Waals surface area contributed by atoms with Crippen LogP contribution in [0.2, 0.25) is 0 Å². The van der Waals surface area contributed by atoms with E-state index < -0.39 is 16.6 Å². The normalized spacial score (nSPS) is 12.8. The third kappa shape index (κ3) is 9.49. The number of unbranched alkanes of at least 4 members (excludes halogenated alkanes) is 1. The van der Waals surface area contributed by atoms with E-state index in [4.69, 9.17) is 24.7 Å². The van der Waals surface area contributed by atoms with Crippen LogP contribution in [-0.2, 0) is 25.5 Å². The summed E-state index contributed by atoms with van der Waals surface area (Å²) in [5.41, 5.74) is 11.6. The van der Waals surface area contributed by atoms with Gasteiger partial charge in [-0.05, 0) is 48.7 Å². The molecule has 1 atom stereocenters. The summed E-state index contributed by atoms with van der Waals surface area (Å²) < 4.78 is 23.0. The zero-order valence-corrected chi connectivity index (χ0v) is 28.5. The summed E-state index contributed by atoms with van der Waals surface area (Å²) in [4.78, 5) is 24.7. The van der Waals surface area contributed by atoms with Gasteiger partial charge in [0, 0.05) is 40.8 Å². The minimum Gasteiger partial charge on any atom is -0.493 e. The van der Waals surface area contributed by atoms with Crippen molar-refractivity contribution in [3.05, 3.63) is 53.1 Å². The SMILES string of the molecule is CCCCC(C)(C)C(=O)CC(SCCOCCOCCOc1cc2c(cc1OC)Cc1c(Nc3cccc(C)c3)n[nH]c1-2)C(N)=O. The van der Waals surface area contributed by atoms with Crippen LogP contribution in [0.5, 0.6) is 11.5 Å². The van der Waals surface area contributed by atoms with Gasteiger partial charge in [0.05, 0.1) is 44.5 Å². The van der Waals surface area contributed by atoms with Crippen LogP contribution in [0.3, 0.4) is 0 Å². The quantitative estimate of drug-likeness (QED) is 0.0897. The molecule has 0 bridgehead atoms. The molecular formula is C35H48N4O6S. The van der Waals surface area contributed by atoms with E-state index in [1.54, 1.807) is 7.11 Å². The Labute approximate surface area is 276 Å². The number of ketones is 1. The van der Waals surface area contributed by atoms with Crippen LogP contribution >= 0.6 is 11.8 Å². The maximum atomic E-state index is 12.7. The molecular weight excluding hydrogens is 604 g/mol. The number of nitrogens with two attached hydrogens (primary N) is 1. The zero-order valence-electron chi connectivity index (χ0n) is 27.7. The van der Waals surface area contributed by atoms with Crippen molar-refractivity contribution in [1.82, 2.24) is 10.2 Å².